The molecule has 24 heavy (non-hydrogen) atoms. The van der Waals surface area contributed by atoms with Gasteiger partial charge in [-0.1, -0.05) is 6.07 Å². The van der Waals surface area contributed by atoms with Gasteiger partial charge in [-0.15, -0.1) is 0 Å². The van der Waals surface area contributed by atoms with E-state index >= 15 is 0 Å². The van der Waals surface area contributed by atoms with Crippen molar-refractivity contribution in [3.8, 4) is 0 Å². The Kier molecular flexibility index (Phi) is 3.63. The average Bonchev–Trinajstić information content (AvgIpc) is 3.26. The number of imidazole rings is 1. The number of cyclic esters (lactones) is 1. The molecule has 0 unspecified atom stereocenters. The van der Waals surface area contributed by atoms with Crippen molar-refractivity contribution in [2.24, 2.45) is 0 Å². The number of aromatic amines is 1. The van der Waals surface area contributed by atoms with Gasteiger partial charge in [-0.2, -0.15) is 0 Å². The molecule has 1 aromatic carbocycles. The van der Waals surface area contributed by atoms with E-state index in [2.05, 4.69) is 16.0 Å². The Hall–Kier alpha value is -2.57. The molecule has 2 fully saturated rings. The lowest BCUT2D eigenvalue weighted by molar-refractivity contribution is -0.132. The Morgan fingerprint density at radius 3 is 3.08 bits per heavy atom. The Morgan fingerprint density at radius 1 is 1.42 bits per heavy atom. The first-order valence-electron chi connectivity index (χ1n) is 8.29. The first-order chi connectivity index (χ1) is 11.6. The van der Waals surface area contributed by atoms with Crippen LogP contribution in [0.15, 0.2) is 18.2 Å². The minimum absolute atomic E-state index is 0.0482. The van der Waals surface area contributed by atoms with Crippen LogP contribution in [0, 0.1) is 6.92 Å². The van der Waals surface area contributed by atoms with E-state index in [1.54, 1.807) is 0 Å². The second-order valence-electron chi connectivity index (χ2n) is 6.42. The largest absolute Gasteiger partial charge is 0.448 e. The molecular formula is C17H20N4O3. The summed E-state index contributed by atoms with van der Waals surface area (Å²) in [6.07, 6.45) is 1.42. The monoisotopic (exact) mass is 328 g/mol. The first kappa shape index (κ1) is 15.0. The van der Waals surface area contributed by atoms with E-state index in [0.717, 1.165) is 29.7 Å². The Bertz CT molecular complexity index is 800. The minimum atomic E-state index is -0.404. The summed E-state index contributed by atoms with van der Waals surface area (Å²) >= 11 is 0. The average molecular weight is 328 g/mol. The fourth-order valence-electron chi connectivity index (χ4n) is 3.47. The van der Waals surface area contributed by atoms with Crippen LogP contribution in [-0.4, -0.2) is 58.0 Å². The third kappa shape index (κ3) is 2.60. The van der Waals surface area contributed by atoms with E-state index in [1.807, 2.05) is 24.0 Å². The predicted molar refractivity (Wildman–Crippen MR) is 87.4 cm³/mol. The number of aromatic nitrogens is 2. The molecule has 1 atom stereocenters. The van der Waals surface area contributed by atoms with Crippen molar-refractivity contribution < 1.29 is 14.3 Å². The summed E-state index contributed by atoms with van der Waals surface area (Å²) in [5.41, 5.74) is 3.08. The number of H-pyrrole nitrogens is 1. The number of amides is 2. The number of aryl methyl sites for hydroxylation is 1. The molecule has 1 N–H and O–H groups in total. The van der Waals surface area contributed by atoms with Crippen LogP contribution in [0.2, 0.25) is 0 Å². The van der Waals surface area contributed by atoms with Gasteiger partial charge in [0.25, 0.3) is 0 Å². The first-order valence-corrected chi connectivity index (χ1v) is 8.29. The number of nitrogens with zero attached hydrogens (tertiary/aromatic N) is 3. The topological polar surface area (TPSA) is 78.5 Å². The minimum Gasteiger partial charge on any atom is -0.448 e. The van der Waals surface area contributed by atoms with Gasteiger partial charge >= 0.3 is 6.09 Å². The Balaban J connectivity index is 1.54. The summed E-state index contributed by atoms with van der Waals surface area (Å²) in [6, 6.07) is 6.03. The number of likely N-dealkylation sites (tertiary alicyclic amines) is 1. The van der Waals surface area contributed by atoms with Crippen molar-refractivity contribution >= 4 is 23.0 Å². The lowest BCUT2D eigenvalue weighted by atomic mass is 10.2. The van der Waals surface area contributed by atoms with Crippen molar-refractivity contribution in [3.63, 3.8) is 0 Å². The zero-order valence-corrected chi connectivity index (χ0v) is 13.6. The molecule has 0 spiro atoms. The molecular weight excluding hydrogens is 308 g/mol. The van der Waals surface area contributed by atoms with Crippen molar-refractivity contribution in [2.75, 3.05) is 26.2 Å². The highest BCUT2D eigenvalue weighted by atomic mass is 16.6. The van der Waals surface area contributed by atoms with E-state index in [4.69, 9.17) is 4.74 Å². The smallest absolute Gasteiger partial charge is 0.410 e. The molecule has 2 aliphatic heterocycles. The van der Waals surface area contributed by atoms with Crippen molar-refractivity contribution in [3.05, 3.63) is 29.6 Å². The zero-order chi connectivity index (χ0) is 16.7. The summed E-state index contributed by atoms with van der Waals surface area (Å²) in [4.78, 5) is 35.5. The molecule has 0 aliphatic carbocycles. The van der Waals surface area contributed by atoms with Gasteiger partial charge in [-0.3, -0.25) is 9.69 Å². The summed E-state index contributed by atoms with van der Waals surface area (Å²) < 4.78 is 4.89. The van der Waals surface area contributed by atoms with E-state index < -0.39 is 6.09 Å². The predicted octanol–water partition coefficient (Wildman–Crippen LogP) is 1.99. The van der Waals surface area contributed by atoms with Crippen LogP contribution in [0.5, 0.6) is 0 Å². The number of fused-ring (bicyclic) bond motifs is 1. The molecule has 0 radical (unpaired) electrons. The lowest BCUT2D eigenvalue weighted by Crippen LogP contribution is -2.40. The van der Waals surface area contributed by atoms with Crippen molar-refractivity contribution in [2.45, 2.75) is 25.8 Å². The summed E-state index contributed by atoms with van der Waals surface area (Å²) in [5, 5.41) is 0. The number of carbonyl (C=O) groups excluding carboxylic acids is 2. The van der Waals surface area contributed by atoms with Gasteiger partial charge in [0, 0.05) is 6.54 Å². The fourth-order valence-corrected chi connectivity index (χ4v) is 3.47. The van der Waals surface area contributed by atoms with Crippen LogP contribution in [0.3, 0.4) is 0 Å². The maximum atomic E-state index is 12.6. The van der Waals surface area contributed by atoms with Crippen molar-refractivity contribution in [1.82, 2.24) is 19.8 Å². The summed E-state index contributed by atoms with van der Waals surface area (Å²) in [6.45, 7) is 3.66. The molecule has 3 heterocycles. The molecule has 2 aromatic rings. The van der Waals surface area contributed by atoms with Crippen LogP contribution in [0.1, 0.15) is 30.3 Å². The molecule has 2 aliphatic rings. The summed E-state index contributed by atoms with van der Waals surface area (Å²) in [7, 11) is 0. The van der Waals surface area contributed by atoms with Gasteiger partial charge in [0.2, 0.25) is 5.91 Å². The van der Waals surface area contributed by atoms with Gasteiger partial charge < -0.3 is 14.6 Å². The highest BCUT2D eigenvalue weighted by Crippen LogP contribution is 2.31. The summed E-state index contributed by atoms with van der Waals surface area (Å²) in [5.74, 6) is 0.776. The molecule has 7 heteroatoms. The second-order valence-corrected chi connectivity index (χ2v) is 6.42. The van der Waals surface area contributed by atoms with Crippen LogP contribution in [0.4, 0.5) is 4.79 Å². The van der Waals surface area contributed by atoms with Crippen LogP contribution >= 0.6 is 0 Å². The standard InChI is InChI=1S/C17H20N4O3/c1-11-4-5-12-13(9-11)19-16(18-12)14-3-2-6-21(14)15(22)10-20-7-8-24-17(20)23/h4-5,9,14H,2-3,6-8,10H2,1H3,(H,18,19)/t14-/m0/s1. The number of hydrogen-bond acceptors (Lipinski definition) is 4. The van der Waals surface area contributed by atoms with Gasteiger partial charge in [0.15, 0.2) is 0 Å². The van der Waals surface area contributed by atoms with Crippen LogP contribution < -0.4 is 0 Å². The zero-order valence-electron chi connectivity index (χ0n) is 13.6. The number of rotatable bonds is 3. The number of nitrogens with one attached hydrogen (secondary N) is 1. The van der Waals surface area contributed by atoms with Crippen LogP contribution in [0.25, 0.3) is 11.0 Å². The third-order valence-corrected chi connectivity index (χ3v) is 4.72. The van der Waals surface area contributed by atoms with E-state index in [-0.39, 0.29) is 18.5 Å². The van der Waals surface area contributed by atoms with Gasteiger partial charge in [0.05, 0.1) is 23.6 Å². The molecule has 1 aromatic heterocycles. The van der Waals surface area contributed by atoms with E-state index in [1.165, 1.54) is 10.5 Å². The molecule has 7 nitrogen and oxygen atoms in total. The highest BCUT2D eigenvalue weighted by Gasteiger charge is 2.34. The van der Waals surface area contributed by atoms with Gasteiger partial charge in [-0.05, 0) is 37.5 Å². The van der Waals surface area contributed by atoms with E-state index in [9.17, 15) is 9.59 Å². The van der Waals surface area contributed by atoms with Gasteiger partial charge in [0.1, 0.15) is 19.0 Å². The maximum absolute atomic E-state index is 12.6. The number of ether oxygens (including phenoxy) is 1. The third-order valence-electron chi connectivity index (χ3n) is 4.72. The highest BCUT2D eigenvalue weighted by molar-refractivity contribution is 5.83. The Labute approximate surface area is 139 Å². The molecule has 0 bridgehead atoms. The quantitative estimate of drug-likeness (QED) is 0.934. The molecule has 0 saturated carbocycles. The van der Waals surface area contributed by atoms with Crippen LogP contribution in [-0.2, 0) is 9.53 Å². The van der Waals surface area contributed by atoms with Gasteiger partial charge in [-0.25, -0.2) is 9.78 Å². The number of carbonyl (C=O) groups is 2. The lowest BCUT2D eigenvalue weighted by Gasteiger charge is -2.25. The molecule has 126 valence electrons. The maximum Gasteiger partial charge on any atom is 0.410 e. The number of hydrogen-bond donors (Lipinski definition) is 1. The second kappa shape index (κ2) is 5.81. The SMILES string of the molecule is Cc1ccc2nc([C@@H]3CCCN3C(=O)CN3CCOC3=O)[nH]c2c1. The van der Waals surface area contributed by atoms with E-state index in [0.29, 0.717) is 19.7 Å². The molecule has 2 saturated heterocycles. The Morgan fingerprint density at radius 2 is 2.29 bits per heavy atom. The fraction of sp³-hybridized carbons (Fsp3) is 0.471. The normalized spacial score (nSPS) is 20.9. The number of benzene rings is 1. The molecule has 4 rings (SSSR count). The molecule has 2 amide bonds. The van der Waals surface area contributed by atoms with Crippen molar-refractivity contribution in [1.29, 1.82) is 0 Å².